The van der Waals surface area contributed by atoms with Crippen LogP contribution in [0.25, 0.3) is 16.6 Å². The highest BCUT2D eigenvalue weighted by Crippen LogP contribution is 2.44. The summed E-state index contributed by atoms with van der Waals surface area (Å²) >= 11 is 6.25. The number of benzene rings is 3. The molecular weight excluding hydrogens is 870 g/mol. The number of pyridine rings is 1. The van der Waals surface area contributed by atoms with Crippen molar-refractivity contribution >= 4 is 55.5 Å². The highest BCUT2D eigenvalue weighted by Gasteiger charge is 2.35. The van der Waals surface area contributed by atoms with Gasteiger partial charge in [-0.1, -0.05) is 43.2 Å². The number of nitrogens with one attached hydrogen (secondary N) is 2. The van der Waals surface area contributed by atoms with E-state index in [1.807, 2.05) is 18.2 Å². The molecule has 2 atom stereocenters. The Labute approximate surface area is 383 Å². The first-order valence-corrected chi connectivity index (χ1v) is 24.1. The van der Waals surface area contributed by atoms with Crippen LogP contribution >= 0.6 is 11.6 Å². The molecule has 3 aliphatic heterocycles. The van der Waals surface area contributed by atoms with Crippen molar-refractivity contribution in [3.63, 3.8) is 0 Å². The lowest BCUT2D eigenvalue weighted by Crippen LogP contribution is -2.47. The van der Waals surface area contributed by atoms with Gasteiger partial charge in [0.2, 0.25) is 0 Å². The molecule has 4 aliphatic rings. The van der Waals surface area contributed by atoms with Gasteiger partial charge in [0.15, 0.2) is 0 Å². The van der Waals surface area contributed by atoms with Crippen molar-refractivity contribution in [3.8, 4) is 17.2 Å². The van der Waals surface area contributed by atoms with E-state index in [1.54, 1.807) is 30.5 Å². The first-order chi connectivity index (χ1) is 31.2. The minimum atomic E-state index is -4.63. The van der Waals surface area contributed by atoms with E-state index in [1.165, 1.54) is 29.0 Å². The number of aromatic amines is 1. The fourth-order valence-electron chi connectivity index (χ4n) is 9.51. The van der Waals surface area contributed by atoms with Crippen molar-refractivity contribution in [1.82, 2.24) is 24.5 Å². The summed E-state index contributed by atoms with van der Waals surface area (Å²) in [5.74, 6) is -0.421. The van der Waals surface area contributed by atoms with Crippen LogP contribution in [0.15, 0.2) is 89.6 Å². The summed E-state index contributed by atoms with van der Waals surface area (Å²) in [6.45, 7) is 13.6. The maximum absolute atomic E-state index is 14.1. The lowest BCUT2D eigenvalue weighted by atomic mass is 9.72. The van der Waals surface area contributed by atoms with Crippen LogP contribution < -0.4 is 19.1 Å². The summed E-state index contributed by atoms with van der Waals surface area (Å²) in [7, 11) is -4.63. The molecule has 5 aromatic rings. The number of hydrogen-bond donors (Lipinski definition) is 2. The first kappa shape index (κ1) is 44.7. The van der Waals surface area contributed by atoms with Crippen molar-refractivity contribution in [2.24, 2.45) is 11.3 Å². The van der Waals surface area contributed by atoms with Crippen molar-refractivity contribution in [2.75, 3.05) is 70.5 Å². The number of allylic oxidation sites excluding steroid dienone is 1. The van der Waals surface area contributed by atoms with Crippen LogP contribution in [-0.2, 0) is 21.2 Å². The summed E-state index contributed by atoms with van der Waals surface area (Å²) in [6, 6.07) is 19.3. The van der Waals surface area contributed by atoms with Gasteiger partial charge in [0.1, 0.15) is 22.9 Å². The summed E-state index contributed by atoms with van der Waals surface area (Å²) < 4.78 is 48.0. The van der Waals surface area contributed by atoms with E-state index in [9.17, 15) is 23.3 Å². The normalized spacial score (nSPS) is 20.6. The highest BCUT2D eigenvalue weighted by molar-refractivity contribution is 7.90. The zero-order valence-electron chi connectivity index (χ0n) is 36.8. The molecule has 3 aromatic carbocycles. The number of ether oxygens (including phenoxy) is 3. The summed E-state index contributed by atoms with van der Waals surface area (Å²) in [5.41, 5.74) is 5.69. The van der Waals surface area contributed by atoms with Crippen LogP contribution in [0.2, 0.25) is 5.02 Å². The molecule has 9 rings (SSSR count). The highest BCUT2D eigenvalue weighted by atomic mass is 35.5. The number of anilines is 1. The molecule has 2 aromatic heterocycles. The predicted molar refractivity (Wildman–Crippen MR) is 250 cm³/mol. The molecule has 0 spiro atoms. The zero-order valence-corrected chi connectivity index (χ0v) is 38.4. The number of H-pyrrole nitrogens is 1. The molecule has 2 fully saturated rings. The third kappa shape index (κ3) is 10.0. The van der Waals surface area contributed by atoms with E-state index in [4.69, 9.17) is 25.8 Å². The molecule has 0 unspecified atom stereocenters. The fraction of sp³-hybridized carbons (Fsp3) is 0.417. The van der Waals surface area contributed by atoms with Crippen molar-refractivity contribution in [1.29, 1.82) is 0 Å². The Morgan fingerprint density at radius 1 is 1.05 bits per heavy atom. The number of amides is 1. The van der Waals surface area contributed by atoms with E-state index in [-0.39, 0.29) is 46.7 Å². The van der Waals surface area contributed by atoms with Gasteiger partial charge in [0, 0.05) is 98.3 Å². The summed E-state index contributed by atoms with van der Waals surface area (Å²) in [6.07, 6.45) is 6.82. The fourth-order valence-corrected chi connectivity index (χ4v) is 10.6. The third-order valence-electron chi connectivity index (χ3n) is 13.2. The van der Waals surface area contributed by atoms with Gasteiger partial charge in [-0.3, -0.25) is 24.7 Å². The van der Waals surface area contributed by atoms with E-state index in [0.29, 0.717) is 43.1 Å². The quantitative estimate of drug-likeness (QED) is 0.0912. The summed E-state index contributed by atoms with van der Waals surface area (Å²) in [4.78, 5) is 39.9. The average Bonchev–Trinajstić information content (AvgIpc) is 3.76. The van der Waals surface area contributed by atoms with Crippen LogP contribution in [0.5, 0.6) is 17.2 Å². The third-order valence-corrected chi connectivity index (χ3v) is 14.8. The smallest absolute Gasteiger partial charge is 0.277 e. The average molecular weight is 925 g/mol. The standard InChI is InChI=1S/C48H54ClN7O8S/c1-31-29-62-19-18-55(31)27-32-20-41-43(56(58)59)23-39(24-44(41)63-30-32)65(60,61)52-47(57)40-9-8-37(22-45(40)64-38-21-34-11-13-50-46(34)51-26-38)54-16-14-53(15-17-54)28-35-10-12-48(2,3)25-42(35)33-4-6-36(49)7-5-33/h4-9,11,13,21-24,26,31-32H,10,12,14-20,25,27-30H2,1-3H3,(H,50,51)(H,52,57)/t31-,32-/m0/s1. The molecule has 0 radical (unpaired) electrons. The molecule has 1 aliphatic carbocycles. The number of morpholine rings is 1. The van der Waals surface area contributed by atoms with E-state index in [2.05, 4.69) is 62.3 Å². The summed E-state index contributed by atoms with van der Waals surface area (Å²) in [5, 5.41) is 13.9. The lowest BCUT2D eigenvalue weighted by molar-refractivity contribution is -0.386. The molecule has 342 valence electrons. The van der Waals surface area contributed by atoms with Crippen molar-refractivity contribution < 1.29 is 32.3 Å². The number of nitrogens with zero attached hydrogens (tertiary/aromatic N) is 5. The molecular formula is C48H54ClN7O8S. The number of hydrogen-bond acceptors (Lipinski definition) is 12. The Morgan fingerprint density at radius 3 is 2.62 bits per heavy atom. The number of aromatic nitrogens is 2. The van der Waals surface area contributed by atoms with E-state index < -0.39 is 25.7 Å². The zero-order chi connectivity index (χ0) is 45.5. The number of nitro benzene ring substituents is 1. The van der Waals surface area contributed by atoms with Gasteiger partial charge in [-0.05, 0) is 85.6 Å². The number of halogens is 1. The monoisotopic (exact) mass is 923 g/mol. The molecule has 0 bridgehead atoms. The topological polar surface area (TPSA) is 172 Å². The number of rotatable bonds is 12. The Hall–Kier alpha value is -5.52. The van der Waals surface area contributed by atoms with Crippen molar-refractivity contribution in [2.45, 2.75) is 57.4 Å². The van der Waals surface area contributed by atoms with Gasteiger partial charge in [-0.25, -0.2) is 18.1 Å². The largest absolute Gasteiger partial charge is 0.493 e. The Bertz CT molecular complexity index is 2750. The number of sulfonamides is 1. The Morgan fingerprint density at radius 2 is 1.85 bits per heavy atom. The van der Waals surface area contributed by atoms with Crippen LogP contribution in [-0.4, -0.2) is 111 Å². The number of carbonyl (C=O) groups is 1. The minimum absolute atomic E-state index is 0.0386. The van der Waals surface area contributed by atoms with Gasteiger partial charge in [0.25, 0.3) is 21.6 Å². The molecule has 65 heavy (non-hydrogen) atoms. The Balaban J connectivity index is 0.937. The molecule has 0 saturated carbocycles. The van der Waals surface area contributed by atoms with Gasteiger partial charge < -0.3 is 24.1 Å². The minimum Gasteiger partial charge on any atom is -0.493 e. The predicted octanol–water partition coefficient (Wildman–Crippen LogP) is 8.09. The maximum Gasteiger partial charge on any atom is 0.277 e. The van der Waals surface area contributed by atoms with Gasteiger partial charge >= 0.3 is 0 Å². The van der Waals surface area contributed by atoms with E-state index >= 15 is 0 Å². The molecule has 15 nitrogen and oxygen atoms in total. The molecule has 1 amide bonds. The van der Waals surface area contributed by atoms with E-state index in [0.717, 1.165) is 80.7 Å². The second kappa shape index (κ2) is 18.4. The van der Waals surface area contributed by atoms with Crippen LogP contribution in [0.3, 0.4) is 0 Å². The molecule has 2 N–H and O–H groups in total. The molecule has 2 saturated heterocycles. The number of piperazine rings is 1. The van der Waals surface area contributed by atoms with Gasteiger partial charge in [-0.15, -0.1) is 0 Å². The number of fused-ring (bicyclic) bond motifs is 2. The van der Waals surface area contributed by atoms with Gasteiger partial charge in [0.05, 0.1) is 47.0 Å². The molecule has 5 heterocycles. The first-order valence-electron chi connectivity index (χ1n) is 22.2. The second-order valence-electron chi connectivity index (χ2n) is 18.5. The van der Waals surface area contributed by atoms with Crippen LogP contribution in [0.4, 0.5) is 11.4 Å². The lowest BCUT2D eigenvalue weighted by Gasteiger charge is -2.39. The molecule has 17 heteroatoms. The number of carbonyl (C=O) groups excluding carboxylic acids is 1. The van der Waals surface area contributed by atoms with Gasteiger partial charge in [-0.2, -0.15) is 0 Å². The van der Waals surface area contributed by atoms with Crippen LogP contribution in [0, 0.1) is 21.4 Å². The second-order valence-corrected chi connectivity index (χ2v) is 20.6. The maximum atomic E-state index is 14.1. The SMILES string of the molecule is C[C@H]1COCCN1C[C@H]1COc2cc(S(=O)(=O)NC(=O)c3ccc(N4CCN(CC5=C(c6ccc(Cl)cc6)CC(C)(C)CC5)CC4)cc3Oc3cnc4[nH]ccc4c3)cc([N+](=O)[O-])c2C1. The Kier molecular flexibility index (Phi) is 12.6. The van der Waals surface area contributed by atoms with Crippen LogP contribution in [0.1, 0.15) is 61.5 Å². The number of nitro groups is 1. The van der Waals surface area contributed by atoms with Crippen molar-refractivity contribution in [3.05, 3.63) is 117 Å².